The fourth-order valence-corrected chi connectivity index (χ4v) is 5.07. The van der Waals surface area contributed by atoms with E-state index >= 15 is 0 Å². The number of fused-ring (bicyclic) bond motifs is 2. The topological polar surface area (TPSA) is 102 Å². The summed E-state index contributed by atoms with van der Waals surface area (Å²) >= 11 is 0. The van der Waals surface area contributed by atoms with Gasteiger partial charge in [0, 0.05) is 19.3 Å². The first-order chi connectivity index (χ1) is 15.8. The highest BCUT2D eigenvalue weighted by molar-refractivity contribution is 7.90. The van der Waals surface area contributed by atoms with Crippen LogP contribution in [0, 0.1) is 12.7 Å². The van der Waals surface area contributed by atoms with Crippen LogP contribution in [0.15, 0.2) is 29.4 Å². The van der Waals surface area contributed by atoms with Crippen molar-refractivity contribution < 1.29 is 27.1 Å². The molecule has 3 heterocycles. The monoisotopic (exact) mass is 492 g/mol. The number of halogens is 1. The maximum absolute atomic E-state index is 14.5. The van der Waals surface area contributed by atoms with Crippen LogP contribution in [0.25, 0.3) is 0 Å². The molecule has 2 saturated heterocycles. The number of hydrogen-bond donors (Lipinski definition) is 0. The van der Waals surface area contributed by atoms with Gasteiger partial charge in [0.15, 0.2) is 21.4 Å². The van der Waals surface area contributed by atoms with Crippen LogP contribution >= 0.6 is 0 Å². The highest BCUT2D eigenvalue weighted by Gasteiger charge is 2.45. The molecule has 1 aromatic carbocycles. The second kappa shape index (κ2) is 8.68. The average Bonchev–Trinajstić information content (AvgIpc) is 2.99. The Morgan fingerprint density at radius 2 is 1.79 bits per heavy atom. The third kappa shape index (κ3) is 4.94. The molecule has 2 fully saturated rings. The zero-order chi connectivity index (χ0) is 24.8. The Hall–Kier alpha value is -2.95. The first kappa shape index (κ1) is 24.2. The number of piperazine rings is 1. The molecule has 2 bridgehead atoms. The number of anilines is 1. The minimum atomic E-state index is -3.53. The van der Waals surface area contributed by atoms with Gasteiger partial charge in [-0.25, -0.2) is 27.6 Å². The summed E-state index contributed by atoms with van der Waals surface area (Å²) in [5, 5.41) is 0. The summed E-state index contributed by atoms with van der Waals surface area (Å²) in [5.41, 5.74) is 0.0667. The molecule has 1 aromatic heterocycles. The van der Waals surface area contributed by atoms with E-state index in [0.717, 1.165) is 25.2 Å². The molecule has 9 nitrogen and oxygen atoms in total. The van der Waals surface area contributed by atoms with E-state index in [4.69, 9.17) is 9.47 Å². The van der Waals surface area contributed by atoms with Gasteiger partial charge in [-0.3, -0.25) is 4.90 Å². The molecule has 2 aromatic rings. The average molecular weight is 493 g/mol. The summed E-state index contributed by atoms with van der Waals surface area (Å²) < 4.78 is 49.1. The molecule has 2 aliphatic rings. The number of carbonyl (C=O) groups is 1. The molecule has 2 unspecified atom stereocenters. The number of carbonyl (C=O) groups excluding carboxylic acids is 1. The standard InChI is InChI=1S/C23H29FN4O5S/c1-14-20(27-11-15-6-7-16(12-27)28(15)22(29)33-23(2,3)4)25-13-26-21(14)32-19-9-8-17(10-18(19)24)34(5,30)31/h8-10,13,15-16H,6-7,11-12H2,1-5H3. The fraction of sp³-hybridized carbons (Fsp3) is 0.522. The lowest BCUT2D eigenvalue weighted by Crippen LogP contribution is -2.57. The number of amides is 1. The second-order valence-corrected chi connectivity index (χ2v) is 11.8. The van der Waals surface area contributed by atoms with Gasteiger partial charge in [-0.15, -0.1) is 0 Å². The molecule has 11 heteroatoms. The Labute approximate surface area is 198 Å². The van der Waals surface area contributed by atoms with Crippen LogP contribution in [0.2, 0.25) is 0 Å². The summed E-state index contributed by atoms with van der Waals surface area (Å²) in [6.45, 7) is 8.52. The van der Waals surface area contributed by atoms with Crippen molar-refractivity contribution in [2.24, 2.45) is 0 Å². The van der Waals surface area contributed by atoms with Gasteiger partial charge in [-0.1, -0.05) is 0 Å². The van der Waals surface area contributed by atoms with Gasteiger partial charge in [0.25, 0.3) is 0 Å². The third-order valence-corrected chi connectivity index (χ3v) is 7.05. The van der Waals surface area contributed by atoms with Crippen molar-refractivity contribution in [1.29, 1.82) is 0 Å². The lowest BCUT2D eigenvalue weighted by molar-refractivity contribution is 0.0122. The van der Waals surface area contributed by atoms with E-state index in [1.165, 1.54) is 18.5 Å². The molecule has 0 N–H and O–H groups in total. The summed E-state index contributed by atoms with van der Waals surface area (Å²) in [5.74, 6) is -0.0988. The van der Waals surface area contributed by atoms with Crippen molar-refractivity contribution in [3.63, 3.8) is 0 Å². The van der Waals surface area contributed by atoms with Crippen LogP contribution in [-0.4, -0.2) is 66.4 Å². The molecule has 1 amide bonds. The molecule has 2 aliphatic heterocycles. The summed E-state index contributed by atoms with van der Waals surface area (Å²) in [7, 11) is -3.53. The number of rotatable bonds is 4. The van der Waals surface area contributed by atoms with E-state index in [0.29, 0.717) is 24.5 Å². The van der Waals surface area contributed by atoms with E-state index in [-0.39, 0.29) is 34.7 Å². The summed E-state index contributed by atoms with van der Waals surface area (Å²) in [6, 6.07) is 3.50. The van der Waals surface area contributed by atoms with E-state index in [1.807, 2.05) is 25.7 Å². The van der Waals surface area contributed by atoms with E-state index < -0.39 is 21.3 Å². The van der Waals surface area contributed by atoms with Gasteiger partial charge in [0.05, 0.1) is 22.5 Å². The zero-order valence-corrected chi connectivity index (χ0v) is 20.7. The fourth-order valence-electron chi connectivity index (χ4n) is 4.43. The minimum Gasteiger partial charge on any atom is -0.444 e. The molecular formula is C23H29FN4O5S. The number of aromatic nitrogens is 2. The predicted octanol–water partition coefficient (Wildman–Crippen LogP) is 3.71. The van der Waals surface area contributed by atoms with Crippen LogP contribution < -0.4 is 9.64 Å². The smallest absolute Gasteiger partial charge is 0.410 e. The Morgan fingerprint density at radius 3 is 2.35 bits per heavy atom. The number of hydrogen-bond acceptors (Lipinski definition) is 8. The molecule has 2 atom stereocenters. The zero-order valence-electron chi connectivity index (χ0n) is 19.9. The largest absolute Gasteiger partial charge is 0.444 e. The lowest BCUT2D eigenvalue weighted by Gasteiger charge is -2.42. The van der Waals surface area contributed by atoms with Crippen molar-refractivity contribution in [3.05, 3.63) is 35.9 Å². The molecule has 184 valence electrons. The minimum absolute atomic E-state index is 0.00770. The summed E-state index contributed by atoms with van der Waals surface area (Å²) in [6.07, 6.45) is 3.83. The number of ether oxygens (including phenoxy) is 2. The van der Waals surface area contributed by atoms with Crippen LogP contribution in [0.4, 0.5) is 15.0 Å². The Balaban J connectivity index is 1.53. The molecule has 0 saturated carbocycles. The number of nitrogens with zero attached hydrogens (tertiary/aromatic N) is 4. The van der Waals surface area contributed by atoms with Crippen molar-refractivity contribution in [2.75, 3.05) is 24.2 Å². The van der Waals surface area contributed by atoms with Gasteiger partial charge in [-0.2, -0.15) is 0 Å². The van der Waals surface area contributed by atoms with Crippen LogP contribution in [0.1, 0.15) is 39.2 Å². The van der Waals surface area contributed by atoms with Crippen LogP contribution in [0.3, 0.4) is 0 Å². The lowest BCUT2D eigenvalue weighted by atomic mass is 10.1. The SMILES string of the molecule is Cc1c(Oc2ccc(S(C)(=O)=O)cc2F)ncnc1N1CC2CCC(C1)N2C(=O)OC(C)(C)C. The van der Waals surface area contributed by atoms with Crippen LogP contribution in [-0.2, 0) is 14.6 Å². The van der Waals surface area contributed by atoms with Gasteiger partial charge < -0.3 is 14.4 Å². The highest BCUT2D eigenvalue weighted by atomic mass is 32.2. The Morgan fingerprint density at radius 1 is 1.15 bits per heavy atom. The van der Waals surface area contributed by atoms with Crippen molar-refractivity contribution in [3.8, 4) is 11.6 Å². The van der Waals surface area contributed by atoms with E-state index in [2.05, 4.69) is 14.9 Å². The normalized spacial score (nSPS) is 20.4. The highest BCUT2D eigenvalue weighted by Crippen LogP contribution is 2.36. The predicted molar refractivity (Wildman–Crippen MR) is 123 cm³/mol. The van der Waals surface area contributed by atoms with E-state index in [9.17, 15) is 17.6 Å². The molecular weight excluding hydrogens is 463 g/mol. The van der Waals surface area contributed by atoms with Crippen molar-refractivity contribution in [1.82, 2.24) is 14.9 Å². The molecule has 4 rings (SSSR count). The maximum atomic E-state index is 14.5. The maximum Gasteiger partial charge on any atom is 0.410 e. The Kier molecular flexibility index (Phi) is 6.17. The first-order valence-corrected chi connectivity index (χ1v) is 13.0. The Bertz CT molecular complexity index is 1200. The molecule has 34 heavy (non-hydrogen) atoms. The van der Waals surface area contributed by atoms with Crippen molar-refractivity contribution in [2.45, 2.75) is 63.1 Å². The molecule has 0 radical (unpaired) electrons. The first-order valence-electron chi connectivity index (χ1n) is 11.1. The third-order valence-electron chi connectivity index (χ3n) is 5.94. The summed E-state index contributed by atoms with van der Waals surface area (Å²) in [4.78, 5) is 25.1. The van der Waals surface area contributed by atoms with Gasteiger partial charge in [0.2, 0.25) is 5.88 Å². The quantitative estimate of drug-likeness (QED) is 0.637. The van der Waals surface area contributed by atoms with Crippen LogP contribution in [0.5, 0.6) is 11.6 Å². The van der Waals surface area contributed by atoms with Crippen molar-refractivity contribution >= 4 is 21.7 Å². The van der Waals surface area contributed by atoms with Gasteiger partial charge in [0.1, 0.15) is 17.7 Å². The number of benzene rings is 1. The number of sulfone groups is 1. The van der Waals surface area contributed by atoms with Gasteiger partial charge >= 0.3 is 6.09 Å². The van der Waals surface area contributed by atoms with Gasteiger partial charge in [-0.05, 0) is 58.7 Å². The molecule has 0 spiro atoms. The molecule has 0 aliphatic carbocycles. The van der Waals surface area contributed by atoms with E-state index in [1.54, 1.807) is 6.92 Å². The second-order valence-electron chi connectivity index (χ2n) is 9.77.